The molecule has 0 unspecified atom stereocenters. The molecular weight excluding hydrogens is 203 g/mol. The first kappa shape index (κ1) is 9.35. The molecule has 1 fully saturated rings. The monoisotopic (exact) mass is 208 g/mol. The summed E-state index contributed by atoms with van der Waals surface area (Å²) >= 11 is 10.6. The van der Waals surface area contributed by atoms with Gasteiger partial charge in [-0.05, 0) is 6.08 Å². The molecule has 0 aromatic carbocycles. The minimum atomic E-state index is -0.411. The number of amides is 3. The van der Waals surface area contributed by atoms with Gasteiger partial charge < -0.3 is 4.90 Å². The molecule has 0 atom stereocenters. The third-order valence-corrected chi connectivity index (χ3v) is 1.64. The van der Waals surface area contributed by atoms with E-state index in [1.807, 2.05) is 0 Å². The van der Waals surface area contributed by atoms with E-state index in [9.17, 15) is 9.59 Å². The van der Waals surface area contributed by atoms with E-state index in [2.05, 4.69) is 5.32 Å². The van der Waals surface area contributed by atoms with Crippen molar-refractivity contribution < 1.29 is 9.59 Å². The van der Waals surface area contributed by atoms with E-state index in [-0.39, 0.29) is 23.5 Å². The summed E-state index contributed by atoms with van der Waals surface area (Å²) in [6.45, 7) is 0.316. The molecular formula is C6H6Cl2N2O2. The Bertz CT molecular complexity index is 248. The zero-order valence-corrected chi connectivity index (χ0v) is 7.52. The summed E-state index contributed by atoms with van der Waals surface area (Å²) in [7, 11) is 0. The third kappa shape index (κ3) is 2.39. The average molecular weight is 209 g/mol. The number of carbonyl (C=O) groups excluding carboxylic acids is 2. The predicted octanol–water partition coefficient (Wildman–Crippen LogP) is 0.857. The van der Waals surface area contributed by atoms with Crippen LogP contribution in [0.4, 0.5) is 4.79 Å². The van der Waals surface area contributed by atoms with E-state index in [4.69, 9.17) is 23.2 Å². The highest BCUT2D eigenvalue weighted by Crippen LogP contribution is 2.07. The molecule has 1 aliphatic rings. The molecule has 12 heavy (non-hydrogen) atoms. The van der Waals surface area contributed by atoms with Crippen LogP contribution in [0.2, 0.25) is 0 Å². The first-order valence-electron chi connectivity index (χ1n) is 3.19. The maximum absolute atomic E-state index is 10.9. The molecule has 0 radical (unpaired) electrons. The number of urea groups is 1. The van der Waals surface area contributed by atoms with Gasteiger partial charge in [0, 0.05) is 6.54 Å². The average Bonchev–Trinajstić information content (AvgIpc) is 2.26. The topological polar surface area (TPSA) is 49.4 Å². The molecule has 1 saturated heterocycles. The summed E-state index contributed by atoms with van der Waals surface area (Å²) in [6.07, 6.45) is 1.45. The summed E-state index contributed by atoms with van der Waals surface area (Å²) in [6, 6.07) is -0.411. The minimum Gasteiger partial charge on any atom is -0.311 e. The summed E-state index contributed by atoms with van der Waals surface area (Å²) in [4.78, 5) is 22.8. The standard InChI is InChI=1S/C6H6Cl2N2O2/c7-4(8)1-2-10-3-5(11)9-6(10)12/h1H,2-3H2,(H,9,11,12). The molecule has 1 heterocycles. The van der Waals surface area contributed by atoms with Gasteiger partial charge >= 0.3 is 6.03 Å². The first-order valence-corrected chi connectivity index (χ1v) is 3.95. The SMILES string of the molecule is O=C1CN(CC=C(Cl)Cl)C(=O)N1. The van der Waals surface area contributed by atoms with Gasteiger partial charge in [-0.25, -0.2) is 4.79 Å². The highest BCUT2D eigenvalue weighted by Gasteiger charge is 2.25. The van der Waals surface area contributed by atoms with Gasteiger partial charge in [0.05, 0.1) is 0 Å². The number of nitrogens with zero attached hydrogens (tertiary/aromatic N) is 1. The Morgan fingerprint density at radius 2 is 2.25 bits per heavy atom. The van der Waals surface area contributed by atoms with Gasteiger partial charge in [-0.15, -0.1) is 0 Å². The van der Waals surface area contributed by atoms with Crippen molar-refractivity contribution in [2.75, 3.05) is 13.1 Å². The van der Waals surface area contributed by atoms with Crippen LogP contribution in [0.1, 0.15) is 0 Å². The molecule has 0 aliphatic carbocycles. The van der Waals surface area contributed by atoms with Crippen molar-refractivity contribution in [1.29, 1.82) is 0 Å². The van der Waals surface area contributed by atoms with Crippen molar-refractivity contribution in [3.05, 3.63) is 10.6 Å². The zero-order valence-electron chi connectivity index (χ0n) is 6.01. The molecule has 4 nitrogen and oxygen atoms in total. The molecule has 1 rings (SSSR count). The van der Waals surface area contributed by atoms with E-state index in [1.54, 1.807) is 0 Å². The lowest BCUT2D eigenvalue weighted by Crippen LogP contribution is -2.28. The number of imide groups is 1. The van der Waals surface area contributed by atoms with E-state index >= 15 is 0 Å². The molecule has 3 amide bonds. The van der Waals surface area contributed by atoms with Crippen molar-refractivity contribution >= 4 is 35.1 Å². The predicted molar refractivity (Wildman–Crippen MR) is 44.9 cm³/mol. The lowest BCUT2D eigenvalue weighted by atomic mass is 10.5. The van der Waals surface area contributed by atoms with Crippen molar-refractivity contribution in [3.63, 3.8) is 0 Å². The molecule has 0 saturated carbocycles. The summed E-state index contributed by atoms with van der Waals surface area (Å²) in [5.74, 6) is -0.306. The van der Waals surface area contributed by atoms with Crippen molar-refractivity contribution in [2.45, 2.75) is 0 Å². The van der Waals surface area contributed by atoms with Gasteiger partial charge in [0.15, 0.2) is 0 Å². The fourth-order valence-corrected chi connectivity index (χ4v) is 0.948. The Balaban J connectivity index is 2.49. The Labute approximate surface area is 79.1 Å². The summed E-state index contributed by atoms with van der Waals surface area (Å²) in [5, 5.41) is 2.12. The minimum absolute atomic E-state index is 0.0659. The fourth-order valence-electron chi connectivity index (χ4n) is 0.810. The second kappa shape index (κ2) is 3.78. The maximum Gasteiger partial charge on any atom is 0.324 e. The highest BCUT2D eigenvalue weighted by molar-refractivity contribution is 6.55. The molecule has 0 aromatic rings. The van der Waals surface area contributed by atoms with Crippen LogP contribution in [0, 0.1) is 0 Å². The number of hydrogen-bond acceptors (Lipinski definition) is 2. The largest absolute Gasteiger partial charge is 0.324 e. The van der Waals surface area contributed by atoms with Gasteiger partial charge in [-0.1, -0.05) is 23.2 Å². The Hall–Kier alpha value is -0.740. The summed E-state index contributed by atoms with van der Waals surface area (Å²) in [5.41, 5.74) is 0. The second-order valence-electron chi connectivity index (χ2n) is 2.23. The lowest BCUT2D eigenvalue weighted by molar-refractivity contribution is -0.118. The van der Waals surface area contributed by atoms with E-state index in [0.29, 0.717) is 0 Å². The molecule has 1 N–H and O–H groups in total. The van der Waals surface area contributed by atoms with Crippen LogP contribution < -0.4 is 5.32 Å². The molecule has 0 aromatic heterocycles. The molecule has 0 spiro atoms. The Kier molecular flexibility index (Phi) is 2.94. The van der Waals surface area contributed by atoms with Crippen LogP contribution >= 0.6 is 23.2 Å². The van der Waals surface area contributed by atoms with Crippen LogP contribution in [0.25, 0.3) is 0 Å². The molecule has 6 heteroatoms. The molecule has 0 bridgehead atoms. The number of hydrogen-bond donors (Lipinski definition) is 1. The molecule has 1 aliphatic heterocycles. The van der Waals surface area contributed by atoms with Crippen molar-refractivity contribution in [1.82, 2.24) is 10.2 Å². The maximum atomic E-state index is 10.9. The van der Waals surface area contributed by atoms with Crippen LogP contribution in [-0.2, 0) is 4.79 Å². The van der Waals surface area contributed by atoms with Gasteiger partial charge in [0.25, 0.3) is 0 Å². The van der Waals surface area contributed by atoms with Gasteiger partial charge in [0.2, 0.25) is 5.91 Å². The van der Waals surface area contributed by atoms with Gasteiger partial charge in [-0.3, -0.25) is 10.1 Å². The number of rotatable bonds is 2. The van der Waals surface area contributed by atoms with Crippen LogP contribution in [-0.4, -0.2) is 29.9 Å². The smallest absolute Gasteiger partial charge is 0.311 e. The Morgan fingerprint density at radius 3 is 2.67 bits per heavy atom. The quantitative estimate of drug-likeness (QED) is 0.685. The fraction of sp³-hybridized carbons (Fsp3) is 0.333. The van der Waals surface area contributed by atoms with Crippen LogP contribution in [0.3, 0.4) is 0 Å². The lowest BCUT2D eigenvalue weighted by Gasteiger charge is -2.08. The van der Waals surface area contributed by atoms with E-state index < -0.39 is 6.03 Å². The van der Waals surface area contributed by atoms with Crippen molar-refractivity contribution in [2.24, 2.45) is 0 Å². The second-order valence-corrected chi connectivity index (χ2v) is 3.24. The third-order valence-electron chi connectivity index (χ3n) is 1.33. The first-order chi connectivity index (χ1) is 5.59. The zero-order chi connectivity index (χ0) is 9.14. The van der Waals surface area contributed by atoms with Crippen LogP contribution in [0.5, 0.6) is 0 Å². The summed E-state index contributed by atoms with van der Waals surface area (Å²) < 4.78 is 0.0853. The number of nitrogens with one attached hydrogen (secondary N) is 1. The van der Waals surface area contributed by atoms with E-state index in [0.717, 1.165) is 0 Å². The van der Waals surface area contributed by atoms with Gasteiger partial charge in [0.1, 0.15) is 11.0 Å². The molecule has 66 valence electrons. The highest BCUT2D eigenvalue weighted by atomic mass is 35.5. The normalized spacial score (nSPS) is 16.3. The Morgan fingerprint density at radius 1 is 1.58 bits per heavy atom. The number of halogens is 2. The van der Waals surface area contributed by atoms with E-state index in [1.165, 1.54) is 11.0 Å². The van der Waals surface area contributed by atoms with Gasteiger partial charge in [-0.2, -0.15) is 0 Å². The van der Waals surface area contributed by atoms with Crippen molar-refractivity contribution in [3.8, 4) is 0 Å². The van der Waals surface area contributed by atoms with Crippen LogP contribution in [0.15, 0.2) is 10.6 Å². The number of carbonyl (C=O) groups is 2.